The lowest BCUT2D eigenvalue weighted by atomic mass is 10.0. The number of methoxy groups -OCH3 is 1. The summed E-state index contributed by atoms with van der Waals surface area (Å²) in [5.74, 6) is 1.38. The van der Waals surface area contributed by atoms with Crippen LogP contribution in [0.3, 0.4) is 0 Å². The van der Waals surface area contributed by atoms with Crippen molar-refractivity contribution in [1.29, 1.82) is 0 Å². The van der Waals surface area contributed by atoms with Crippen molar-refractivity contribution in [3.8, 4) is 16.9 Å². The molecule has 2 aromatic carbocycles. The smallest absolute Gasteiger partial charge is 0.223 e. The number of nitrogens with zero attached hydrogens (tertiary/aromatic N) is 2. The van der Waals surface area contributed by atoms with Crippen molar-refractivity contribution in [3.63, 3.8) is 0 Å². The Kier molecular flexibility index (Phi) is 4.02. The van der Waals surface area contributed by atoms with Gasteiger partial charge in [-0.1, -0.05) is 12.1 Å². The van der Waals surface area contributed by atoms with Crippen LogP contribution in [0.2, 0.25) is 0 Å². The van der Waals surface area contributed by atoms with Crippen LogP contribution in [-0.2, 0) is 0 Å². The fraction of sp³-hybridized carbons (Fsp3) is 0.222. The van der Waals surface area contributed by atoms with E-state index < -0.39 is 0 Å². The molecule has 0 aliphatic carbocycles. The van der Waals surface area contributed by atoms with Gasteiger partial charge in [-0.15, -0.1) is 0 Å². The van der Waals surface area contributed by atoms with Crippen LogP contribution >= 0.6 is 0 Å². The van der Waals surface area contributed by atoms with Crippen LogP contribution in [0, 0.1) is 0 Å². The Bertz CT molecular complexity index is 846. The summed E-state index contributed by atoms with van der Waals surface area (Å²) in [5, 5.41) is 4.16. The van der Waals surface area contributed by atoms with Crippen molar-refractivity contribution in [1.82, 2.24) is 9.97 Å². The molecule has 0 fully saturated rings. The van der Waals surface area contributed by atoms with Gasteiger partial charge in [-0.3, -0.25) is 0 Å². The van der Waals surface area contributed by atoms with Crippen LogP contribution in [0.25, 0.3) is 22.0 Å². The summed E-state index contributed by atoms with van der Waals surface area (Å²) >= 11 is 0. The SMILES string of the molecule is COc1cc2nc(NC(C)C)ncc2cc1-c1cccc(N)c1. The second-order valence-electron chi connectivity index (χ2n) is 5.73. The first-order chi connectivity index (χ1) is 11.1. The third-order valence-corrected chi connectivity index (χ3v) is 3.52. The minimum atomic E-state index is 0.279. The third kappa shape index (κ3) is 3.18. The standard InChI is InChI=1S/C18H20N4O/c1-11(2)21-18-20-10-13-8-15(12-5-4-6-14(19)7-12)17(23-3)9-16(13)22-18/h4-11H,19H2,1-3H3,(H,20,21,22). The highest BCUT2D eigenvalue weighted by molar-refractivity contribution is 5.88. The van der Waals surface area contributed by atoms with E-state index in [-0.39, 0.29) is 6.04 Å². The van der Waals surface area contributed by atoms with Crippen molar-refractivity contribution in [2.75, 3.05) is 18.2 Å². The zero-order valence-corrected chi connectivity index (χ0v) is 13.5. The van der Waals surface area contributed by atoms with Crippen LogP contribution in [0.1, 0.15) is 13.8 Å². The summed E-state index contributed by atoms with van der Waals surface area (Å²) in [6, 6.07) is 12.0. The van der Waals surface area contributed by atoms with Gasteiger partial charge in [0.1, 0.15) is 5.75 Å². The molecular formula is C18H20N4O. The van der Waals surface area contributed by atoms with Crippen LogP contribution in [0.4, 0.5) is 11.6 Å². The van der Waals surface area contributed by atoms with Gasteiger partial charge in [-0.05, 0) is 37.6 Å². The normalized spacial score (nSPS) is 11.0. The Hall–Kier alpha value is -2.82. The molecule has 118 valence electrons. The first-order valence-electron chi connectivity index (χ1n) is 7.54. The van der Waals surface area contributed by atoms with Gasteiger partial charge in [0.05, 0.1) is 12.6 Å². The molecule has 0 amide bonds. The fourth-order valence-corrected chi connectivity index (χ4v) is 2.49. The topological polar surface area (TPSA) is 73.1 Å². The summed E-state index contributed by atoms with van der Waals surface area (Å²) in [6.07, 6.45) is 1.82. The number of nitrogens with one attached hydrogen (secondary N) is 1. The van der Waals surface area contributed by atoms with E-state index in [2.05, 4.69) is 29.1 Å². The van der Waals surface area contributed by atoms with Gasteiger partial charge in [0.25, 0.3) is 0 Å². The van der Waals surface area contributed by atoms with Gasteiger partial charge in [0.15, 0.2) is 0 Å². The van der Waals surface area contributed by atoms with Crippen molar-refractivity contribution in [3.05, 3.63) is 42.6 Å². The molecule has 3 rings (SSSR count). The first-order valence-corrected chi connectivity index (χ1v) is 7.54. The molecule has 23 heavy (non-hydrogen) atoms. The van der Waals surface area contributed by atoms with Crippen LogP contribution in [0.15, 0.2) is 42.6 Å². The number of nitrogen functional groups attached to an aromatic ring is 1. The molecule has 0 spiro atoms. The predicted molar refractivity (Wildman–Crippen MR) is 94.7 cm³/mol. The fourth-order valence-electron chi connectivity index (χ4n) is 2.49. The van der Waals surface area contributed by atoms with E-state index in [9.17, 15) is 0 Å². The molecule has 0 aliphatic heterocycles. The quantitative estimate of drug-likeness (QED) is 0.719. The van der Waals surface area contributed by atoms with Crippen LogP contribution in [0.5, 0.6) is 5.75 Å². The largest absolute Gasteiger partial charge is 0.496 e. The van der Waals surface area contributed by atoms with E-state index in [0.717, 1.165) is 33.5 Å². The predicted octanol–water partition coefficient (Wildman–Crippen LogP) is 3.71. The Morgan fingerprint density at radius 3 is 2.70 bits per heavy atom. The lowest BCUT2D eigenvalue weighted by Gasteiger charge is -2.12. The van der Waals surface area contributed by atoms with Gasteiger partial charge in [-0.2, -0.15) is 0 Å². The lowest BCUT2D eigenvalue weighted by molar-refractivity contribution is 0.417. The lowest BCUT2D eigenvalue weighted by Crippen LogP contribution is -2.12. The molecule has 1 heterocycles. The van der Waals surface area contributed by atoms with E-state index in [1.165, 1.54) is 0 Å². The minimum absolute atomic E-state index is 0.279. The average Bonchev–Trinajstić information content (AvgIpc) is 2.53. The van der Waals surface area contributed by atoms with Gasteiger partial charge < -0.3 is 15.8 Å². The van der Waals surface area contributed by atoms with Crippen molar-refractivity contribution < 1.29 is 4.74 Å². The molecule has 0 aliphatic rings. The highest BCUT2D eigenvalue weighted by Gasteiger charge is 2.10. The molecular weight excluding hydrogens is 288 g/mol. The summed E-state index contributed by atoms with van der Waals surface area (Å²) in [6.45, 7) is 4.11. The zero-order valence-electron chi connectivity index (χ0n) is 13.5. The summed E-state index contributed by atoms with van der Waals surface area (Å²) in [4.78, 5) is 8.92. The third-order valence-electron chi connectivity index (χ3n) is 3.52. The average molecular weight is 308 g/mol. The van der Waals surface area contributed by atoms with Crippen molar-refractivity contribution in [2.45, 2.75) is 19.9 Å². The number of benzene rings is 2. The number of fused-ring (bicyclic) bond motifs is 1. The van der Waals surface area contributed by atoms with Crippen LogP contribution in [-0.4, -0.2) is 23.1 Å². The number of aromatic nitrogens is 2. The van der Waals surface area contributed by atoms with E-state index >= 15 is 0 Å². The Morgan fingerprint density at radius 2 is 2.00 bits per heavy atom. The maximum Gasteiger partial charge on any atom is 0.223 e. The Balaban J connectivity index is 2.13. The van der Waals surface area contributed by atoms with Gasteiger partial charge in [0, 0.05) is 34.9 Å². The minimum Gasteiger partial charge on any atom is -0.496 e. The second-order valence-corrected chi connectivity index (χ2v) is 5.73. The Labute approximate surface area is 135 Å². The van der Waals surface area contributed by atoms with Crippen molar-refractivity contribution in [2.24, 2.45) is 0 Å². The molecule has 0 saturated heterocycles. The number of ether oxygens (including phenoxy) is 1. The van der Waals surface area contributed by atoms with Crippen LogP contribution < -0.4 is 15.8 Å². The maximum atomic E-state index is 5.89. The monoisotopic (exact) mass is 308 g/mol. The van der Waals surface area contributed by atoms with E-state index in [1.54, 1.807) is 7.11 Å². The van der Waals surface area contributed by atoms with Gasteiger partial charge >= 0.3 is 0 Å². The summed E-state index contributed by atoms with van der Waals surface area (Å²) in [7, 11) is 1.66. The van der Waals surface area contributed by atoms with Gasteiger partial charge in [-0.25, -0.2) is 9.97 Å². The zero-order chi connectivity index (χ0) is 16.4. The van der Waals surface area contributed by atoms with Crippen molar-refractivity contribution >= 4 is 22.5 Å². The van der Waals surface area contributed by atoms with Gasteiger partial charge in [0.2, 0.25) is 5.95 Å². The number of anilines is 2. The second kappa shape index (κ2) is 6.12. The summed E-state index contributed by atoms with van der Waals surface area (Å²) in [5.41, 5.74) is 9.43. The maximum absolute atomic E-state index is 5.89. The molecule has 3 aromatic rings. The number of nitrogens with two attached hydrogens (primary N) is 1. The molecule has 5 nitrogen and oxygen atoms in total. The highest BCUT2D eigenvalue weighted by atomic mass is 16.5. The van der Waals surface area contributed by atoms with E-state index in [0.29, 0.717) is 5.95 Å². The molecule has 0 radical (unpaired) electrons. The number of hydrogen-bond acceptors (Lipinski definition) is 5. The summed E-state index contributed by atoms with van der Waals surface area (Å²) < 4.78 is 5.55. The highest BCUT2D eigenvalue weighted by Crippen LogP contribution is 2.34. The van der Waals surface area contributed by atoms with E-state index in [4.69, 9.17) is 10.5 Å². The molecule has 5 heteroatoms. The number of rotatable bonds is 4. The molecule has 0 bridgehead atoms. The molecule has 0 atom stereocenters. The molecule has 1 aromatic heterocycles. The Morgan fingerprint density at radius 1 is 1.17 bits per heavy atom. The first kappa shape index (κ1) is 15.1. The number of hydrogen-bond donors (Lipinski definition) is 2. The molecule has 0 unspecified atom stereocenters. The molecule has 3 N–H and O–H groups in total. The molecule has 0 saturated carbocycles. The van der Waals surface area contributed by atoms with E-state index in [1.807, 2.05) is 42.6 Å².